The van der Waals surface area contributed by atoms with Crippen LogP contribution < -0.4 is 0 Å². The Kier molecular flexibility index (Phi) is 8.79. The Balaban J connectivity index is 0.000000204. The zero-order valence-electron chi connectivity index (χ0n) is 22.8. The van der Waals surface area contributed by atoms with Crippen molar-refractivity contribution >= 4 is 22.1 Å². The molecule has 0 amide bonds. The molecule has 0 atom stereocenters. The van der Waals surface area contributed by atoms with E-state index in [1.807, 2.05) is 99.0 Å². The second-order valence-electron chi connectivity index (χ2n) is 9.73. The van der Waals surface area contributed by atoms with Gasteiger partial charge in [0.15, 0.2) is 0 Å². The summed E-state index contributed by atoms with van der Waals surface area (Å²) >= 11 is 0. The third kappa shape index (κ3) is 6.49. The van der Waals surface area contributed by atoms with E-state index in [4.69, 9.17) is 9.40 Å². The molecule has 7 rings (SSSR count). The molecule has 0 unspecified atom stereocenters. The van der Waals surface area contributed by atoms with Gasteiger partial charge in [0, 0.05) is 50.0 Å². The van der Waals surface area contributed by atoms with Crippen LogP contribution in [0.1, 0.15) is 22.4 Å². The minimum atomic E-state index is 0. The minimum absolute atomic E-state index is 0. The van der Waals surface area contributed by atoms with E-state index in [2.05, 4.69) is 52.4 Å². The summed E-state index contributed by atoms with van der Waals surface area (Å²) in [4.78, 5) is 13.6. The Bertz CT molecular complexity index is 1870. The van der Waals surface area contributed by atoms with Crippen LogP contribution in [0, 0.1) is 26.0 Å². The first-order valence-corrected chi connectivity index (χ1v) is 13.2. The number of hydrogen-bond acceptors (Lipinski definition) is 4. The van der Waals surface area contributed by atoms with Gasteiger partial charge in [0.2, 0.25) is 5.71 Å². The second kappa shape index (κ2) is 12.8. The van der Waals surface area contributed by atoms with E-state index in [0.717, 1.165) is 56.5 Å². The van der Waals surface area contributed by atoms with Crippen molar-refractivity contribution in [2.75, 3.05) is 0 Å². The average Bonchev–Trinajstić information content (AvgIpc) is 3.37. The van der Waals surface area contributed by atoms with Gasteiger partial charge in [-0.2, -0.15) is 0 Å². The zero-order valence-corrected chi connectivity index (χ0v) is 25.2. The summed E-state index contributed by atoms with van der Waals surface area (Å²) in [6.07, 6.45) is 4.52. The van der Waals surface area contributed by atoms with Crippen molar-refractivity contribution in [1.82, 2.24) is 15.0 Å². The van der Waals surface area contributed by atoms with Crippen molar-refractivity contribution < 1.29 is 24.5 Å². The topological polar surface area (TPSA) is 51.8 Å². The van der Waals surface area contributed by atoms with Crippen molar-refractivity contribution in [3.63, 3.8) is 0 Å². The van der Waals surface area contributed by atoms with Gasteiger partial charge in [0.25, 0.3) is 0 Å². The molecular formula is C36H27IrN3O-2. The van der Waals surface area contributed by atoms with E-state index >= 15 is 0 Å². The normalized spacial score (nSPS) is 10.6. The van der Waals surface area contributed by atoms with Gasteiger partial charge >= 0.3 is 0 Å². The van der Waals surface area contributed by atoms with E-state index in [9.17, 15) is 0 Å². The number of pyridine rings is 3. The third-order valence-corrected chi connectivity index (χ3v) is 6.65. The van der Waals surface area contributed by atoms with Gasteiger partial charge in [-0.3, -0.25) is 0 Å². The Morgan fingerprint density at radius 1 is 0.659 bits per heavy atom. The molecule has 0 spiro atoms. The first-order chi connectivity index (χ1) is 19.6. The number of rotatable bonds is 4. The van der Waals surface area contributed by atoms with Crippen LogP contribution in [0.25, 0.3) is 44.6 Å². The zero-order chi connectivity index (χ0) is 27.3. The number of aromatic nitrogens is 3. The Morgan fingerprint density at radius 2 is 1.39 bits per heavy atom. The van der Waals surface area contributed by atoms with Crippen LogP contribution in [0.3, 0.4) is 0 Å². The van der Waals surface area contributed by atoms with Crippen LogP contribution in [-0.2, 0) is 26.5 Å². The van der Waals surface area contributed by atoms with Gasteiger partial charge in [-0.1, -0.05) is 65.5 Å². The molecule has 7 aromatic rings. The molecular weight excluding hydrogens is 683 g/mol. The summed E-state index contributed by atoms with van der Waals surface area (Å²) in [6.45, 7) is 4.06. The quantitative estimate of drug-likeness (QED) is 0.172. The molecule has 4 aromatic heterocycles. The van der Waals surface area contributed by atoms with Crippen LogP contribution in [0.4, 0.5) is 0 Å². The number of benzene rings is 3. The molecule has 0 aliphatic carbocycles. The van der Waals surface area contributed by atoms with Gasteiger partial charge in [-0.15, -0.1) is 54.1 Å². The molecule has 0 bridgehead atoms. The van der Waals surface area contributed by atoms with Crippen molar-refractivity contribution in [1.29, 1.82) is 0 Å². The number of aryl methyl sites for hydroxylation is 2. The average molecular weight is 710 g/mol. The van der Waals surface area contributed by atoms with Crippen molar-refractivity contribution in [3.05, 3.63) is 150 Å². The maximum Gasteiger partial charge on any atom is 0.216 e. The van der Waals surface area contributed by atoms with Gasteiger partial charge in [-0.05, 0) is 54.1 Å². The second-order valence-corrected chi connectivity index (χ2v) is 9.73. The molecule has 0 aliphatic rings. The summed E-state index contributed by atoms with van der Waals surface area (Å²) < 4.78 is 6.16. The standard InChI is InChI=1S/C24H17N2O.C12H10N.Ir/c1-16-10-13-22(25-15-16)21-9-5-8-19-20-12-11-18(26-24(20)27-23(19)21)14-17-6-3-2-4-7-17;1-10-7-8-12(13-9-10)11-5-3-2-4-6-11;/h2-8,10-13,15H,14H2,1H3;2-5,7-9H,1H3;/q2*-1;. The number of furan rings is 1. The minimum Gasteiger partial charge on any atom is -0.486 e. The van der Waals surface area contributed by atoms with Crippen LogP contribution in [0.5, 0.6) is 0 Å². The fourth-order valence-electron chi connectivity index (χ4n) is 4.55. The van der Waals surface area contributed by atoms with E-state index < -0.39 is 0 Å². The smallest absolute Gasteiger partial charge is 0.216 e. The van der Waals surface area contributed by atoms with E-state index in [1.165, 1.54) is 11.1 Å². The summed E-state index contributed by atoms with van der Waals surface area (Å²) in [5.41, 5.74) is 9.73. The predicted octanol–water partition coefficient (Wildman–Crippen LogP) is 8.60. The number of nitrogens with zero attached hydrogens (tertiary/aromatic N) is 3. The van der Waals surface area contributed by atoms with Crippen LogP contribution in [0.15, 0.2) is 120 Å². The summed E-state index contributed by atoms with van der Waals surface area (Å²) in [7, 11) is 0. The Hall–Kier alpha value is -4.44. The first kappa shape index (κ1) is 28.1. The Morgan fingerprint density at radius 3 is 2.07 bits per heavy atom. The Labute approximate surface area is 253 Å². The van der Waals surface area contributed by atoms with Gasteiger partial charge in [0.1, 0.15) is 0 Å². The number of fused-ring (bicyclic) bond motifs is 3. The molecule has 4 heterocycles. The first-order valence-electron chi connectivity index (χ1n) is 13.2. The van der Waals surface area contributed by atoms with Gasteiger partial charge in [-0.25, -0.2) is 4.98 Å². The maximum atomic E-state index is 6.16. The third-order valence-electron chi connectivity index (χ3n) is 6.65. The molecule has 0 fully saturated rings. The SMILES string of the molecule is Cc1ccc(-c2[c-]ccc3c2oc2nc(Cc4ccccc4)ccc23)nc1.Cc1ccc(-c2[c-]cccc2)nc1.[Ir]. The maximum absolute atomic E-state index is 6.16. The molecule has 0 saturated carbocycles. The molecule has 203 valence electrons. The van der Waals surface area contributed by atoms with Crippen molar-refractivity contribution in [2.45, 2.75) is 20.3 Å². The van der Waals surface area contributed by atoms with Crippen LogP contribution in [-0.4, -0.2) is 15.0 Å². The predicted molar refractivity (Wildman–Crippen MR) is 161 cm³/mol. The fraction of sp³-hybridized carbons (Fsp3) is 0.0833. The summed E-state index contributed by atoms with van der Waals surface area (Å²) in [6, 6.07) is 40.9. The molecule has 0 N–H and O–H groups in total. The summed E-state index contributed by atoms with van der Waals surface area (Å²) in [5.74, 6) is 0. The molecule has 4 nitrogen and oxygen atoms in total. The van der Waals surface area contributed by atoms with E-state index in [1.54, 1.807) is 0 Å². The van der Waals surface area contributed by atoms with Crippen LogP contribution >= 0.6 is 0 Å². The van der Waals surface area contributed by atoms with Crippen molar-refractivity contribution in [2.24, 2.45) is 0 Å². The van der Waals surface area contributed by atoms with Gasteiger partial charge in [0.05, 0.1) is 5.58 Å². The monoisotopic (exact) mass is 710 g/mol. The van der Waals surface area contributed by atoms with Gasteiger partial charge < -0.3 is 14.4 Å². The fourth-order valence-corrected chi connectivity index (χ4v) is 4.55. The van der Waals surface area contributed by atoms with Crippen molar-refractivity contribution in [3.8, 4) is 22.5 Å². The molecule has 0 aliphatic heterocycles. The molecule has 5 heteroatoms. The van der Waals surface area contributed by atoms with E-state index in [-0.39, 0.29) is 20.1 Å². The summed E-state index contributed by atoms with van der Waals surface area (Å²) in [5, 5.41) is 2.06. The molecule has 0 saturated heterocycles. The molecule has 41 heavy (non-hydrogen) atoms. The largest absolute Gasteiger partial charge is 0.486 e. The van der Waals surface area contributed by atoms with Crippen LogP contribution in [0.2, 0.25) is 0 Å². The molecule has 3 aromatic carbocycles. The van der Waals surface area contributed by atoms with E-state index in [0.29, 0.717) is 5.71 Å². The molecule has 1 radical (unpaired) electrons. The number of hydrogen-bond donors (Lipinski definition) is 0.